The first-order valence-electron chi connectivity index (χ1n) is 8.44. The number of carbonyl (C=O) groups excluding carboxylic acids is 1. The molecule has 2 saturated heterocycles. The third-order valence-electron chi connectivity index (χ3n) is 5.00. The van der Waals surface area contributed by atoms with E-state index in [1.807, 2.05) is 17.9 Å². The Balaban J connectivity index is 1.57. The van der Waals surface area contributed by atoms with Crippen molar-refractivity contribution < 1.29 is 14.6 Å². The van der Waals surface area contributed by atoms with Gasteiger partial charge in [-0.3, -0.25) is 4.79 Å². The van der Waals surface area contributed by atoms with Crippen LogP contribution in [0.1, 0.15) is 40.2 Å². The highest BCUT2D eigenvalue weighted by Gasteiger charge is 2.30. The summed E-state index contributed by atoms with van der Waals surface area (Å²) in [5.41, 5.74) is 0. The Morgan fingerprint density at radius 3 is 2.48 bits per heavy atom. The van der Waals surface area contributed by atoms with E-state index < -0.39 is 0 Å². The number of thiophene rings is 1. The van der Waals surface area contributed by atoms with E-state index in [0.29, 0.717) is 11.8 Å². The van der Waals surface area contributed by atoms with Crippen molar-refractivity contribution in [2.75, 3.05) is 33.3 Å². The maximum atomic E-state index is 12.7. The molecule has 23 heavy (non-hydrogen) atoms. The van der Waals surface area contributed by atoms with Crippen molar-refractivity contribution in [3.8, 4) is 5.75 Å². The molecular formula is C17H26N2O3S. The number of ether oxygens (including phenoxy) is 1. The second kappa shape index (κ2) is 7.20. The molecule has 2 fully saturated rings. The van der Waals surface area contributed by atoms with Gasteiger partial charge >= 0.3 is 0 Å². The lowest BCUT2D eigenvalue weighted by atomic mass is 9.99. The molecule has 128 valence electrons. The molecule has 0 aliphatic carbocycles. The van der Waals surface area contributed by atoms with Crippen molar-refractivity contribution in [1.82, 2.24) is 9.80 Å². The molecule has 0 saturated carbocycles. The highest BCUT2D eigenvalue weighted by molar-refractivity contribution is 7.14. The van der Waals surface area contributed by atoms with Crippen molar-refractivity contribution in [2.24, 2.45) is 0 Å². The fourth-order valence-corrected chi connectivity index (χ4v) is 4.57. The largest absolute Gasteiger partial charge is 0.495 e. The van der Waals surface area contributed by atoms with Crippen LogP contribution in [-0.4, -0.2) is 66.2 Å². The number of methoxy groups -OCH3 is 1. The van der Waals surface area contributed by atoms with E-state index in [4.69, 9.17) is 4.74 Å². The number of carbonyl (C=O) groups is 1. The maximum absolute atomic E-state index is 12.7. The van der Waals surface area contributed by atoms with E-state index in [0.717, 1.165) is 61.6 Å². The number of hydrogen-bond donors (Lipinski definition) is 1. The van der Waals surface area contributed by atoms with Crippen LogP contribution in [0.5, 0.6) is 5.75 Å². The quantitative estimate of drug-likeness (QED) is 0.917. The zero-order valence-corrected chi connectivity index (χ0v) is 14.8. The van der Waals surface area contributed by atoms with E-state index in [2.05, 4.69) is 4.90 Å². The highest BCUT2D eigenvalue weighted by Crippen LogP contribution is 2.31. The summed E-state index contributed by atoms with van der Waals surface area (Å²) in [7, 11) is 1.62. The van der Waals surface area contributed by atoms with Crippen LogP contribution in [0.25, 0.3) is 0 Å². The molecule has 5 nitrogen and oxygen atoms in total. The van der Waals surface area contributed by atoms with Crippen LogP contribution in [0.3, 0.4) is 0 Å². The zero-order valence-electron chi connectivity index (χ0n) is 14.0. The van der Waals surface area contributed by atoms with Crippen LogP contribution in [-0.2, 0) is 0 Å². The number of amides is 1. The number of nitrogens with zero attached hydrogens (tertiary/aromatic N) is 2. The number of rotatable bonds is 3. The summed E-state index contributed by atoms with van der Waals surface area (Å²) in [6.07, 6.45) is 3.68. The Hall–Kier alpha value is -1.11. The van der Waals surface area contributed by atoms with Gasteiger partial charge in [0.05, 0.1) is 13.2 Å². The molecule has 3 rings (SSSR count). The predicted molar refractivity (Wildman–Crippen MR) is 91.3 cm³/mol. The first-order valence-corrected chi connectivity index (χ1v) is 9.26. The van der Waals surface area contributed by atoms with Crippen LogP contribution in [0.15, 0.2) is 6.07 Å². The fraction of sp³-hybridized carbons (Fsp3) is 0.706. The van der Waals surface area contributed by atoms with Gasteiger partial charge in [0.25, 0.3) is 5.91 Å². The Bertz CT molecular complexity index is 544. The minimum atomic E-state index is -0.123. The van der Waals surface area contributed by atoms with Gasteiger partial charge in [-0.05, 0) is 38.7 Å². The number of aliphatic hydroxyl groups excluding tert-OH is 1. The van der Waals surface area contributed by atoms with Crippen LogP contribution in [0.2, 0.25) is 0 Å². The van der Waals surface area contributed by atoms with Gasteiger partial charge in [0.15, 0.2) is 0 Å². The molecule has 0 unspecified atom stereocenters. The minimum absolute atomic E-state index is 0.104. The van der Waals surface area contributed by atoms with Crippen molar-refractivity contribution in [3.63, 3.8) is 0 Å². The van der Waals surface area contributed by atoms with Gasteiger partial charge in [-0.15, -0.1) is 11.3 Å². The Kier molecular flexibility index (Phi) is 5.24. The summed E-state index contributed by atoms with van der Waals surface area (Å²) in [6.45, 7) is 5.59. The minimum Gasteiger partial charge on any atom is -0.495 e. The highest BCUT2D eigenvalue weighted by atomic mass is 32.1. The number of aliphatic hydroxyl groups is 1. The molecule has 0 spiro atoms. The van der Waals surface area contributed by atoms with Gasteiger partial charge in [0, 0.05) is 37.1 Å². The number of likely N-dealkylation sites (tertiary alicyclic amines) is 2. The molecule has 0 radical (unpaired) electrons. The van der Waals surface area contributed by atoms with E-state index in [9.17, 15) is 9.90 Å². The summed E-state index contributed by atoms with van der Waals surface area (Å²) in [5.74, 6) is 0.803. The molecule has 2 aliphatic heterocycles. The summed E-state index contributed by atoms with van der Waals surface area (Å²) < 4.78 is 5.34. The van der Waals surface area contributed by atoms with Gasteiger partial charge in [0.1, 0.15) is 10.6 Å². The summed E-state index contributed by atoms with van der Waals surface area (Å²) >= 11 is 1.52. The van der Waals surface area contributed by atoms with Crippen molar-refractivity contribution >= 4 is 17.2 Å². The SMILES string of the molecule is COc1cc(C)sc1C(=O)N1CCC(N2CCC(O)CC2)CC1. The lowest BCUT2D eigenvalue weighted by molar-refractivity contribution is 0.0358. The van der Waals surface area contributed by atoms with Crippen molar-refractivity contribution in [2.45, 2.75) is 44.8 Å². The van der Waals surface area contributed by atoms with Crippen molar-refractivity contribution in [1.29, 1.82) is 0 Å². The van der Waals surface area contributed by atoms with Crippen LogP contribution >= 0.6 is 11.3 Å². The van der Waals surface area contributed by atoms with Gasteiger partial charge < -0.3 is 19.6 Å². The fourth-order valence-electron chi connectivity index (χ4n) is 3.62. The van der Waals surface area contributed by atoms with E-state index >= 15 is 0 Å². The first kappa shape index (κ1) is 16.7. The van der Waals surface area contributed by atoms with Gasteiger partial charge in [-0.25, -0.2) is 0 Å². The number of hydrogen-bond acceptors (Lipinski definition) is 5. The molecule has 3 heterocycles. The average Bonchev–Trinajstić information content (AvgIpc) is 2.96. The molecule has 6 heteroatoms. The smallest absolute Gasteiger partial charge is 0.267 e. The Labute approximate surface area is 141 Å². The first-order chi connectivity index (χ1) is 11.1. The topological polar surface area (TPSA) is 53.0 Å². The van der Waals surface area contributed by atoms with E-state index in [1.165, 1.54) is 11.3 Å². The van der Waals surface area contributed by atoms with E-state index in [1.54, 1.807) is 7.11 Å². The second-order valence-electron chi connectivity index (χ2n) is 6.55. The molecule has 2 aliphatic rings. The maximum Gasteiger partial charge on any atom is 0.267 e. The summed E-state index contributed by atoms with van der Waals surface area (Å²) in [4.78, 5) is 19.0. The molecular weight excluding hydrogens is 312 g/mol. The zero-order chi connectivity index (χ0) is 16.4. The standard InChI is InChI=1S/C17H26N2O3S/c1-12-11-15(22-2)16(23-12)17(21)19-7-3-13(4-8-19)18-9-5-14(20)6-10-18/h11,13-14,20H,3-10H2,1-2H3. The lowest BCUT2D eigenvalue weighted by Gasteiger charge is -2.41. The Morgan fingerprint density at radius 1 is 1.22 bits per heavy atom. The molecule has 1 amide bonds. The summed E-state index contributed by atoms with van der Waals surface area (Å²) in [5, 5.41) is 9.63. The number of piperidine rings is 2. The van der Waals surface area contributed by atoms with Crippen LogP contribution < -0.4 is 4.74 Å². The van der Waals surface area contributed by atoms with Crippen LogP contribution in [0, 0.1) is 6.92 Å². The third kappa shape index (κ3) is 3.70. The van der Waals surface area contributed by atoms with Gasteiger partial charge in [0.2, 0.25) is 0 Å². The Morgan fingerprint density at radius 2 is 1.87 bits per heavy atom. The average molecular weight is 338 g/mol. The molecule has 0 atom stereocenters. The van der Waals surface area contributed by atoms with Crippen molar-refractivity contribution in [3.05, 3.63) is 15.8 Å². The number of aryl methyl sites for hydroxylation is 1. The van der Waals surface area contributed by atoms with Gasteiger partial charge in [-0.2, -0.15) is 0 Å². The van der Waals surface area contributed by atoms with Gasteiger partial charge in [-0.1, -0.05) is 0 Å². The van der Waals surface area contributed by atoms with Crippen LogP contribution in [0.4, 0.5) is 0 Å². The lowest BCUT2D eigenvalue weighted by Crippen LogP contribution is -2.49. The molecule has 0 aromatic carbocycles. The third-order valence-corrected chi connectivity index (χ3v) is 6.02. The molecule has 1 N–H and O–H groups in total. The summed E-state index contributed by atoms with van der Waals surface area (Å²) in [6, 6.07) is 2.49. The van der Waals surface area contributed by atoms with E-state index in [-0.39, 0.29) is 12.0 Å². The predicted octanol–water partition coefficient (Wildman–Crippen LogP) is 2.13. The molecule has 1 aromatic rings. The monoisotopic (exact) mass is 338 g/mol. The second-order valence-corrected chi connectivity index (χ2v) is 7.80. The molecule has 0 bridgehead atoms. The normalized spacial score (nSPS) is 21.6. The molecule has 1 aromatic heterocycles.